The maximum absolute atomic E-state index is 6.27. The molecular formula is C19H32N2. The first kappa shape index (κ1) is 16.5. The Bertz CT molecular complexity index is 420. The average molecular weight is 288 g/mol. The summed E-state index contributed by atoms with van der Waals surface area (Å²) in [5.74, 6) is 0. The lowest BCUT2D eigenvalue weighted by Crippen LogP contribution is -2.55. The van der Waals surface area contributed by atoms with Gasteiger partial charge in [-0.2, -0.15) is 0 Å². The Labute approximate surface area is 130 Å². The Hall–Kier alpha value is -0.860. The summed E-state index contributed by atoms with van der Waals surface area (Å²) in [6.07, 6.45) is 6.10. The summed E-state index contributed by atoms with van der Waals surface area (Å²) < 4.78 is 0. The van der Waals surface area contributed by atoms with E-state index in [2.05, 4.69) is 56.0 Å². The lowest BCUT2D eigenvalue weighted by atomic mass is 9.84. The van der Waals surface area contributed by atoms with E-state index in [1.54, 1.807) is 0 Å². The summed E-state index contributed by atoms with van der Waals surface area (Å²) in [5, 5.41) is 0. The molecule has 1 aromatic carbocycles. The van der Waals surface area contributed by atoms with Crippen LogP contribution in [-0.2, 0) is 6.42 Å². The van der Waals surface area contributed by atoms with Crippen LogP contribution < -0.4 is 5.73 Å². The maximum atomic E-state index is 6.27. The van der Waals surface area contributed by atoms with Crippen molar-refractivity contribution < 1.29 is 0 Å². The summed E-state index contributed by atoms with van der Waals surface area (Å²) in [6.45, 7) is 10.2. The molecule has 0 bridgehead atoms. The fourth-order valence-corrected chi connectivity index (χ4v) is 3.68. The molecule has 1 atom stereocenters. The number of nitrogens with zero attached hydrogens (tertiary/aromatic N) is 1. The zero-order valence-electron chi connectivity index (χ0n) is 14.1. The lowest BCUT2D eigenvalue weighted by Gasteiger charge is -2.43. The molecule has 1 aliphatic rings. The molecule has 2 N–H and O–H groups in total. The number of benzene rings is 1. The van der Waals surface area contributed by atoms with Crippen LogP contribution in [0.25, 0.3) is 0 Å². The van der Waals surface area contributed by atoms with Gasteiger partial charge in [-0.05, 0) is 56.2 Å². The van der Waals surface area contributed by atoms with Crippen molar-refractivity contribution in [3.05, 3.63) is 35.9 Å². The van der Waals surface area contributed by atoms with E-state index in [9.17, 15) is 0 Å². The molecule has 0 aromatic heterocycles. The molecule has 0 radical (unpaired) electrons. The SMILES string of the molecule is CCC(CN)(Cc1ccccc1)N1CCCC(C)(C)CC1. The average Bonchev–Trinajstić information content (AvgIpc) is 2.67. The van der Waals surface area contributed by atoms with Gasteiger partial charge >= 0.3 is 0 Å². The van der Waals surface area contributed by atoms with Crippen molar-refractivity contribution in [1.82, 2.24) is 4.90 Å². The molecule has 0 aliphatic carbocycles. The lowest BCUT2D eigenvalue weighted by molar-refractivity contribution is 0.0893. The van der Waals surface area contributed by atoms with Crippen LogP contribution in [0.2, 0.25) is 0 Å². The summed E-state index contributed by atoms with van der Waals surface area (Å²) in [4.78, 5) is 2.69. The van der Waals surface area contributed by atoms with Gasteiger partial charge in [0.25, 0.3) is 0 Å². The highest BCUT2D eigenvalue weighted by molar-refractivity contribution is 5.18. The number of rotatable bonds is 5. The van der Waals surface area contributed by atoms with Crippen LogP contribution in [-0.4, -0.2) is 30.1 Å². The number of nitrogens with two attached hydrogens (primary N) is 1. The van der Waals surface area contributed by atoms with Gasteiger partial charge < -0.3 is 5.73 Å². The largest absolute Gasteiger partial charge is 0.329 e. The maximum Gasteiger partial charge on any atom is 0.0369 e. The Morgan fingerprint density at radius 1 is 1.14 bits per heavy atom. The third-order valence-electron chi connectivity index (χ3n) is 5.42. The Balaban J connectivity index is 2.17. The van der Waals surface area contributed by atoms with Crippen molar-refractivity contribution in [2.24, 2.45) is 11.1 Å². The summed E-state index contributed by atoms with van der Waals surface area (Å²) in [5.41, 5.74) is 8.29. The summed E-state index contributed by atoms with van der Waals surface area (Å²) in [6, 6.07) is 10.8. The normalized spacial score (nSPS) is 22.5. The third-order valence-corrected chi connectivity index (χ3v) is 5.42. The molecule has 2 nitrogen and oxygen atoms in total. The molecular weight excluding hydrogens is 256 g/mol. The van der Waals surface area contributed by atoms with Crippen LogP contribution >= 0.6 is 0 Å². The van der Waals surface area contributed by atoms with Gasteiger partial charge in [-0.25, -0.2) is 0 Å². The quantitative estimate of drug-likeness (QED) is 0.891. The molecule has 1 saturated heterocycles. The van der Waals surface area contributed by atoms with Gasteiger partial charge in [0, 0.05) is 12.1 Å². The number of hydrogen-bond acceptors (Lipinski definition) is 2. The van der Waals surface area contributed by atoms with Gasteiger partial charge in [-0.3, -0.25) is 4.90 Å². The van der Waals surface area contributed by atoms with Crippen LogP contribution in [0.15, 0.2) is 30.3 Å². The van der Waals surface area contributed by atoms with Crippen molar-refractivity contribution in [2.75, 3.05) is 19.6 Å². The molecule has 1 aromatic rings. The van der Waals surface area contributed by atoms with E-state index in [1.807, 2.05) is 0 Å². The standard InChI is InChI=1S/C19H32N2/c1-4-19(16-20,15-17-9-6-5-7-10-17)21-13-8-11-18(2,3)12-14-21/h5-7,9-10H,4,8,11-16,20H2,1-3H3. The molecule has 0 saturated carbocycles. The van der Waals surface area contributed by atoms with E-state index in [1.165, 1.54) is 37.9 Å². The first-order chi connectivity index (χ1) is 10.0. The number of hydrogen-bond donors (Lipinski definition) is 1. The molecule has 118 valence electrons. The molecule has 1 aliphatic heterocycles. The van der Waals surface area contributed by atoms with E-state index >= 15 is 0 Å². The van der Waals surface area contributed by atoms with E-state index in [4.69, 9.17) is 5.73 Å². The van der Waals surface area contributed by atoms with Crippen LogP contribution in [0.3, 0.4) is 0 Å². The third kappa shape index (κ3) is 4.08. The fourth-order valence-electron chi connectivity index (χ4n) is 3.68. The monoisotopic (exact) mass is 288 g/mol. The molecule has 1 unspecified atom stereocenters. The summed E-state index contributed by atoms with van der Waals surface area (Å²) in [7, 11) is 0. The van der Waals surface area contributed by atoms with Gasteiger partial charge in [0.15, 0.2) is 0 Å². The predicted molar refractivity (Wildman–Crippen MR) is 91.4 cm³/mol. The van der Waals surface area contributed by atoms with Crippen molar-refractivity contribution >= 4 is 0 Å². The smallest absolute Gasteiger partial charge is 0.0369 e. The van der Waals surface area contributed by atoms with Gasteiger partial charge in [-0.15, -0.1) is 0 Å². The second-order valence-corrected chi connectivity index (χ2v) is 7.45. The Morgan fingerprint density at radius 3 is 2.48 bits per heavy atom. The minimum Gasteiger partial charge on any atom is -0.329 e. The highest BCUT2D eigenvalue weighted by Gasteiger charge is 2.36. The van der Waals surface area contributed by atoms with Crippen molar-refractivity contribution in [3.63, 3.8) is 0 Å². The molecule has 21 heavy (non-hydrogen) atoms. The van der Waals surface area contributed by atoms with Crippen LogP contribution in [0.5, 0.6) is 0 Å². The predicted octanol–water partition coefficient (Wildman–Crippen LogP) is 3.85. The van der Waals surface area contributed by atoms with E-state index in [-0.39, 0.29) is 5.54 Å². The number of likely N-dealkylation sites (tertiary alicyclic amines) is 1. The summed E-state index contributed by atoms with van der Waals surface area (Å²) >= 11 is 0. The van der Waals surface area contributed by atoms with Gasteiger partial charge in [-0.1, -0.05) is 51.1 Å². The van der Waals surface area contributed by atoms with Crippen LogP contribution in [0, 0.1) is 5.41 Å². The second-order valence-electron chi connectivity index (χ2n) is 7.45. The van der Waals surface area contributed by atoms with Crippen molar-refractivity contribution in [2.45, 2.75) is 58.4 Å². The molecule has 2 rings (SSSR count). The molecule has 0 spiro atoms. The van der Waals surface area contributed by atoms with E-state index in [0.29, 0.717) is 5.41 Å². The van der Waals surface area contributed by atoms with Crippen LogP contribution in [0.4, 0.5) is 0 Å². The Morgan fingerprint density at radius 2 is 1.86 bits per heavy atom. The first-order valence-electron chi connectivity index (χ1n) is 8.50. The van der Waals surface area contributed by atoms with E-state index in [0.717, 1.165) is 19.4 Å². The van der Waals surface area contributed by atoms with Gasteiger partial charge in [0.1, 0.15) is 0 Å². The van der Waals surface area contributed by atoms with Crippen molar-refractivity contribution in [3.8, 4) is 0 Å². The highest BCUT2D eigenvalue weighted by atomic mass is 15.2. The van der Waals surface area contributed by atoms with E-state index < -0.39 is 0 Å². The minimum atomic E-state index is 0.127. The zero-order valence-corrected chi connectivity index (χ0v) is 14.1. The minimum absolute atomic E-state index is 0.127. The van der Waals surface area contributed by atoms with Gasteiger partial charge in [0.2, 0.25) is 0 Å². The first-order valence-corrected chi connectivity index (χ1v) is 8.50. The molecule has 2 heteroatoms. The molecule has 0 amide bonds. The molecule has 1 fully saturated rings. The fraction of sp³-hybridized carbons (Fsp3) is 0.684. The second kappa shape index (κ2) is 6.93. The zero-order chi connectivity index (χ0) is 15.3. The molecule has 1 heterocycles. The van der Waals surface area contributed by atoms with Gasteiger partial charge in [0.05, 0.1) is 0 Å². The van der Waals surface area contributed by atoms with Crippen molar-refractivity contribution in [1.29, 1.82) is 0 Å². The topological polar surface area (TPSA) is 29.3 Å². The highest BCUT2D eigenvalue weighted by Crippen LogP contribution is 2.34. The Kier molecular flexibility index (Phi) is 5.45. The van der Waals surface area contributed by atoms with Crippen LogP contribution in [0.1, 0.15) is 52.0 Å².